The Morgan fingerprint density at radius 2 is 1.90 bits per heavy atom. The maximum Gasteiger partial charge on any atom is 0.404 e. The van der Waals surface area contributed by atoms with Crippen molar-refractivity contribution in [3.8, 4) is 16.9 Å². The Balaban J connectivity index is 1.71. The molecule has 9 heteroatoms. The molecule has 2 atom stereocenters. The van der Waals surface area contributed by atoms with E-state index in [1.165, 1.54) is 0 Å². The van der Waals surface area contributed by atoms with Crippen LogP contribution < -0.4 is 15.8 Å². The molecule has 2 amide bonds. The second-order valence-electron chi connectivity index (χ2n) is 10.1. The van der Waals surface area contributed by atoms with Crippen LogP contribution in [0.5, 0.6) is 5.75 Å². The summed E-state index contributed by atoms with van der Waals surface area (Å²) in [7, 11) is 1.59. The average Bonchev–Trinajstić information content (AvgIpc) is 2.98. The van der Waals surface area contributed by atoms with Crippen molar-refractivity contribution >= 4 is 23.6 Å². The van der Waals surface area contributed by atoms with Gasteiger partial charge in [0.15, 0.2) is 0 Å². The van der Waals surface area contributed by atoms with Gasteiger partial charge in [0.1, 0.15) is 5.75 Å². The van der Waals surface area contributed by atoms with Crippen molar-refractivity contribution in [1.29, 1.82) is 0 Å². The number of hydrogen-bond donors (Lipinski definition) is 4. The predicted octanol–water partition coefficient (Wildman–Crippen LogP) is 5.26. The molecule has 1 fully saturated rings. The molecule has 4 rings (SSSR count). The third kappa shape index (κ3) is 6.58. The Bertz CT molecular complexity index is 1330. The van der Waals surface area contributed by atoms with Gasteiger partial charge in [-0.25, -0.2) is 4.79 Å². The summed E-state index contributed by atoms with van der Waals surface area (Å²) in [6, 6.07) is 20.3. The second-order valence-corrected chi connectivity index (χ2v) is 10.6. The fourth-order valence-corrected chi connectivity index (χ4v) is 5.87. The molecular formula is C31H36ClN3O5. The molecule has 0 bridgehead atoms. The number of halogens is 1. The topological polar surface area (TPSA) is 125 Å². The molecule has 0 radical (unpaired) electrons. The highest BCUT2D eigenvalue weighted by Crippen LogP contribution is 2.46. The first-order valence-electron chi connectivity index (χ1n) is 13.5. The largest absolute Gasteiger partial charge is 0.497 e. The number of methoxy groups -OCH3 is 1. The molecule has 0 spiro atoms. The number of benzene rings is 3. The van der Waals surface area contributed by atoms with E-state index in [0.717, 1.165) is 17.5 Å². The summed E-state index contributed by atoms with van der Waals surface area (Å²) in [5, 5.41) is 24.5. The van der Waals surface area contributed by atoms with Gasteiger partial charge in [0.25, 0.3) is 5.91 Å². The van der Waals surface area contributed by atoms with E-state index in [-0.39, 0.29) is 24.8 Å². The number of nitrogens with two attached hydrogens (primary N) is 1. The van der Waals surface area contributed by atoms with Gasteiger partial charge in [0, 0.05) is 48.2 Å². The number of nitrogens with one attached hydrogen (secondary N) is 1. The molecule has 0 aliphatic carbocycles. The molecule has 1 aliphatic rings. The zero-order valence-corrected chi connectivity index (χ0v) is 23.4. The summed E-state index contributed by atoms with van der Waals surface area (Å²) < 4.78 is 5.44. The molecular weight excluding hydrogens is 530 g/mol. The molecule has 40 heavy (non-hydrogen) atoms. The molecule has 0 unspecified atom stereocenters. The minimum absolute atomic E-state index is 0.0951. The van der Waals surface area contributed by atoms with Crippen molar-refractivity contribution in [3.63, 3.8) is 0 Å². The van der Waals surface area contributed by atoms with Gasteiger partial charge in [-0.1, -0.05) is 48.0 Å². The summed E-state index contributed by atoms with van der Waals surface area (Å²) in [5.74, 6) is 0.260. The fourth-order valence-electron chi connectivity index (χ4n) is 5.59. The van der Waals surface area contributed by atoms with E-state index in [2.05, 4.69) is 5.32 Å². The highest BCUT2D eigenvalue weighted by atomic mass is 35.5. The molecule has 3 aromatic carbocycles. The Kier molecular flexibility index (Phi) is 9.68. The quantitative estimate of drug-likeness (QED) is 0.248. The summed E-state index contributed by atoms with van der Waals surface area (Å²) in [5.41, 5.74) is 7.99. The second kappa shape index (κ2) is 13.2. The fraction of sp³-hybridized carbons (Fsp3) is 0.355. The summed E-state index contributed by atoms with van der Waals surface area (Å²) in [6.45, 7) is 1.53. The number of carboxylic acid groups (broad SMARTS) is 1. The van der Waals surface area contributed by atoms with Crippen LogP contribution in [-0.2, 0) is 12.1 Å². The average molecular weight is 566 g/mol. The van der Waals surface area contributed by atoms with Crippen molar-refractivity contribution in [2.75, 3.05) is 26.7 Å². The van der Waals surface area contributed by atoms with Crippen molar-refractivity contribution in [3.05, 3.63) is 88.4 Å². The lowest BCUT2D eigenvalue weighted by Crippen LogP contribution is -2.48. The molecule has 212 valence electrons. The number of rotatable bonds is 10. The van der Waals surface area contributed by atoms with Gasteiger partial charge in [0.05, 0.1) is 12.7 Å². The van der Waals surface area contributed by atoms with Crippen LogP contribution in [-0.4, -0.2) is 53.9 Å². The monoisotopic (exact) mass is 565 g/mol. The number of aliphatic hydroxyl groups is 1. The highest BCUT2D eigenvalue weighted by molar-refractivity contribution is 6.33. The molecule has 1 aliphatic heterocycles. The zero-order chi connectivity index (χ0) is 28.7. The standard InChI is InChI=1S/C31H36ClN3O5/c1-40-25-8-2-6-23(18-25)28-26(9-3-10-27(28)32)31(39,15-5-16-34-30(37)38)24-7-4-17-35(20-24)29(36)22-13-11-21(19-33)12-14-22/h2-3,6,8-14,18,24,34,39H,4-5,7,15-17,19-20,33H2,1H3,(H,37,38)/t24-,31+/m1/s1. The van der Waals surface area contributed by atoms with Crippen molar-refractivity contribution in [1.82, 2.24) is 10.2 Å². The summed E-state index contributed by atoms with van der Waals surface area (Å²) in [6.07, 6.45) is 0.990. The maximum atomic E-state index is 13.5. The van der Waals surface area contributed by atoms with Gasteiger partial charge in [0.2, 0.25) is 0 Å². The van der Waals surface area contributed by atoms with Crippen LogP contribution >= 0.6 is 11.6 Å². The molecule has 0 aromatic heterocycles. The summed E-state index contributed by atoms with van der Waals surface area (Å²) >= 11 is 6.78. The SMILES string of the molecule is COc1cccc(-c2c(Cl)cccc2[C@](O)(CCCNC(=O)O)[C@@H]2CCCN(C(=O)c3ccc(CN)cc3)C2)c1. The minimum atomic E-state index is -1.38. The predicted molar refractivity (Wildman–Crippen MR) is 156 cm³/mol. The first-order chi connectivity index (χ1) is 19.3. The third-order valence-corrected chi connectivity index (χ3v) is 7.98. The Hall–Kier alpha value is -3.59. The lowest BCUT2D eigenvalue weighted by Gasteiger charge is -2.44. The van der Waals surface area contributed by atoms with E-state index in [0.29, 0.717) is 59.9 Å². The molecule has 1 heterocycles. The number of amides is 2. The van der Waals surface area contributed by atoms with E-state index in [4.69, 9.17) is 27.2 Å². The first kappa shape index (κ1) is 29.4. The normalized spacial score (nSPS) is 16.7. The number of piperidine rings is 1. The van der Waals surface area contributed by atoms with Crippen LogP contribution in [0.1, 0.15) is 47.2 Å². The van der Waals surface area contributed by atoms with Gasteiger partial charge in [-0.15, -0.1) is 0 Å². The van der Waals surface area contributed by atoms with Gasteiger partial charge < -0.3 is 30.9 Å². The Morgan fingerprint density at radius 3 is 2.60 bits per heavy atom. The first-order valence-corrected chi connectivity index (χ1v) is 13.9. The molecule has 1 saturated heterocycles. The molecule has 8 nitrogen and oxygen atoms in total. The highest BCUT2D eigenvalue weighted by Gasteiger charge is 2.43. The number of carbonyl (C=O) groups is 2. The van der Waals surface area contributed by atoms with E-state index < -0.39 is 11.7 Å². The Labute approximate surface area is 239 Å². The number of likely N-dealkylation sites (tertiary alicyclic amines) is 1. The lowest BCUT2D eigenvalue weighted by atomic mass is 9.72. The zero-order valence-electron chi connectivity index (χ0n) is 22.6. The Morgan fingerprint density at radius 1 is 1.15 bits per heavy atom. The van der Waals surface area contributed by atoms with E-state index in [9.17, 15) is 14.7 Å². The van der Waals surface area contributed by atoms with Crippen molar-refractivity contribution < 1.29 is 24.5 Å². The van der Waals surface area contributed by atoms with Crippen LogP contribution in [0.3, 0.4) is 0 Å². The third-order valence-electron chi connectivity index (χ3n) is 7.67. The van der Waals surface area contributed by atoms with Crippen molar-refractivity contribution in [2.24, 2.45) is 11.7 Å². The smallest absolute Gasteiger partial charge is 0.404 e. The van der Waals surface area contributed by atoms with Crippen LogP contribution in [0, 0.1) is 5.92 Å². The van der Waals surface area contributed by atoms with Gasteiger partial charge in [-0.2, -0.15) is 0 Å². The number of ether oxygens (including phenoxy) is 1. The van der Waals surface area contributed by atoms with Crippen molar-refractivity contribution in [2.45, 2.75) is 37.8 Å². The minimum Gasteiger partial charge on any atom is -0.497 e. The number of hydrogen-bond acceptors (Lipinski definition) is 5. The van der Waals surface area contributed by atoms with Gasteiger partial charge >= 0.3 is 6.09 Å². The van der Waals surface area contributed by atoms with E-state index >= 15 is 0 Å². The molecule has 5 N–H and O–H groups in total. The lowest BCUT2D eigenvalue weighted by molar-refractivity contribution is -0.0563. The number of carbonyl (C=O) groups excluding carboxylic acids is 1. The van der Waals surface area contributed by atoms with Crippen LogP contribution in [0.2, 0.25) is 5.02 Å². The van der Waals surface area contributed by atoms with Crippen LogP contribution in [0.25, 0.3) is 11.1 Å². The van der Waals surface area contributed by atoms with E-state index in [1.54, 1.807) is 30.2 Å². The maximum absolute atomic E-state index is 13.5. The summed E-state index contributed by atoms with van der Waals surface area (Å²) in [4.78, 5) is 26.3. The molecule has 3 aromatic rings. The van der Waals surface area contributed by atoms with Crippen LogP contribution in [0.15, 0.2) is 66.7 Å². The van der Waals surface area contributed by atoms with E-state index in [1.807, 2.05) is 48.5 Å². The number of nitrogens with zero attached hydrogens (tertiary/aromatic N) is 1. The van der Waals surface area contributed by atoms with Crippen LogP contribution in [0.4, 0.5) is 4.79 Å². The van der Waals surface area contributed by atoms with Gasteiger partial charge in [-0.3, -0.25) is 4.79 Å². The molecule has 0 saturated carbocycles. The van der Waals surface area contributed by atoms with Gasteiger partial charge in [-0.05, 0) is 72.7 Å².